The van der Waals surface area contributed by atoms with Crippen LogP contribution in [0.4, 0.5) is 4.39 Å². The highest BCUT2D eigenvalue weighted by atomic mass is 32.2. The van der Waals surface area contributed by atoms with Gasteiger partial charge in [0.15, 0.2) is 5.69 Å². The molecule has 1 aliphatic rings. The number of hydrogen-bond acceptors (Lipinski definition) is 6. The summed E-state index contributed by atoms with van der Waals surface area (Å²) < 4.78 is 40.5. The average molecular weight is 589 g/mol. The molecule has 0 aliphatic heterocycles. The zero-order chi connectivity index (χ0) is 28.9. The first-order chi connectivity index (χ1) is 19.6. The van der Waals surface area contributed by atoms with Gasteiger partial charge in [0.05, 0.1) is 16.3 Å². The average Bonchev–Trinajstić information content (AvgIpc) is 3.53. The number of nitrogens with zero attached hydrogens (tertiary/aromatic N) is 3. The maximum atomic E-state index is 15.3. The maximum Gasteiger partial charge on any atom is 0.355 e. The van der Waals surface area contributed by atoms with E-state index in [1.54, 1.807) is 4.68 Å². The molecule has 208 valence electrons. The van der Waals surface area contributed by atoms with Gasteiger partial charge in [-0.2, -0.15) is 5.10 Å². The fourth-order valence-corrected chi connectivity index (χ4v) is 6.13. The van der Waals surface area contributed by atoms with Gasteiger partial charge in [-0.3, -0.25) is 0 Å². The van der Waals surface area contributed by atoms with Crippen molar-refractivity contribution in [2.45, 2.75) is 37.0 Å². The predicted octanol–water partition coefficient (Wildman–Crippen LogP) is 5.92. The Labute approximate surface area is 240 Å². The van der Waals surface area contributed by atoms with Gasteiger partial charge in [-0.25, -0.2) is 32.4 Å². The van der Waals surface area contributed by atoms with E-state index in [-0.39, 0.29) is 22.9 Å². The molecule has 0 atom stereocenters. The zero-order valence-electron chi connectivity index (χ0n) is 21.9. The number of halogens is 1. The largest absolute Gasteiger partial charge is 0.476 e. The van der Waals surface area contributed by atoms with Crippen LogP contribution in [0, 0.1) is 12.7 Å². The van der Waals surface area contributed by atoms with Crippen molar-refractivity contribution in [2.24, 2.45) is 5.14 Å². The Morgan fingerprint density at radius 1 is 1.07 bits per heavy atom. The van der Waals surface area contributed by atoms with Gasteiger partial charge in [-0.05, 0) is 54.7 Å². The van der Waals surface area contributed by atoms with Crippen molar-refractivity contribution in [1.82, 2.24) is 14.8 Å². The van der Waals surface area contributed by atoms with Crippen molar-refractivity contribution in [2.75, 3.05) is 0 Å². The molecule has 0 spiro atoms. The minimum Gasteiger partial charge on any atom is -0.476 e. The van der Waals surface area contributed by atoms with Crippen LogP contribution >= 0.6 is 11.3 Å². The molecular formula is C30H25FN4O4S2. The van der Waals surface area contributed by atoms with Crippen molar-refractivity contribution in [1.29, 1.82) is 0 Å². The van der Waals surface area contributed by atoms with Gasteiger partial charge in [-0.15, -0.1) is 11.3 Å². The minimum atomic E-state index is -4.06. The van der Waals surface area contributed by atoms with Crippen LogP contribution in [-0.2, 0) is 16.4 Å². The first kappa shape index (κ1) is 27.0. The number of carbonyl (C=O) groups is 1. The molecule has 2 heterocycles. The van der Waals surface area contributed by atoms with Crippen molar-refractivity contribution in [3.8, 4) is 27.5 Å². The van der Waals surface area contributed by atoms with Crippen molar-refractivity contribution in [3.05, 3.63) is 106 Å². The number of carboxylic acids is 1. The van der Waals surface area contributed by atoms with Crippen LogP contribution in [-0.4, -0.2) is 34.3 Å². The highest BCUT2D eigenvalue weighted by molar-refractivity contribution is 7.89. The third-order valence-electron chi connectivity index (χ3n) is 7.11. The molecule has 0 saturated heterocycles. The van der Waals surface area contributed by atoms with Gasteiger partial charge in [0.1, 0.15) is 5.82 Å². The molecule has 1 aliphatic carbocycles. The van der Waals surface area contributed by atoms with Crippen LogP contribution < -0.4 is 5.14 Å². The summed E-state index contributed by atoms with van der Waals surface area (Å²) in [6.45, 7) is 2.03. The molecule has 3 aromatic carbocycles. The summed E-state index contributed by atoms with van der Waals surface area (Å²) in [5.74, 6) is -1.65. The first-order valence-electron chi connectivity index (χ1n) is 12.9. The lowest BCUT2D eigenvalue weighted by atomic mass is 9.95. The third-order valence-corrected chi connectivity index (χ3v) is 8.84. The van der Waals surface area contributed by atoms with Gasteiger partial charge in [0, 0.05) is 28.8 Å². The van der Waals surface area contributed by atoms with E-state index in [9.17, 15) is 18.3 Å². The lowest BCUT2D eigenvalue weighted by Crippen LogP contribution is -2.12. The fourth-order valence-electron chi connectivity index (χ4n) is 4.85. The van der Waals surface area contributed by atoms with Crippen LogP contribution in [0.5, 0.6) is 0 Å². The molecule has 1 saturated carbocycles. The normalized spacial score (nSPS) is 13.4. The summed E-state index contributed by atoms with van der Waals surface area (Å²) in [6, 6.07) is 19.8. The standard InChI is InChI=1S/C30H25FN4O4S2/c1-17-5-7-18(8-6-17)20-3-2-4-22(13-20)28-24(14-21-11-12-23(15-25(21)31)41(32,38)39)27(19-9-10-19)34-35(28)30-33-26(16-40-30)29(36)37/h2-8,11-13,15-16,19H,9-10,14H2,1H3,(H,36,37)(H2,32,38,39). The molecule has 5 aromatic rings. The highest BCUT2D eigenvalue weighted by Gasteiger charge is 2.33. The molecule has 8 nitrogen and oxygen atoms in total. The lowest BCUT2D eigenvalue weighted by molar-refractivity contribution is 0.0691. The summed E-state index contributed by atoms with van der Waals surface area (Å²) in [5.41, 5.74) is 6.42. The maximum absolute atomic E-state index is 15.3. The molecule has 0 radical (unpaired) electrons. The van der Waals surface area contributed by atoms with Crippen molar-refractivity contribution >= 4 is 27.3 Å². The summed E-state index contributed by atoms with van der Waals surface area (Å²) in [6.07, 6.45) is 2.00. The number of aryl methyl sites for hydroxylation is 1. The van der Waals surface area contributed by atoms with Crippen LogP contribution in [0.2, 0.25) is 0 Å². The number of rotatable bonds is 8. The van der Waals surface area contributed by atoms with Crippen LogP contribution in [0.25, 0.3) is 27.5 Å². The summed E-state index contributed by atoms with van der Waals surface area (Å²) >= 11 is 1.16. The first-order valence-corrected chi connectivity index (χ1v) is 15.3. The van der Waals surface area contributed by atoms with Crippen LogP contribution in [0.3, 0.4) is 0 Å². The molecule has 1 fully saturated rings. The SMILES string of the molecule is Cc1ccc(-c2cccc(-c3c(Cc4ccc(S(N)(=O)=O)cc4F)c(C4CC4)nn3-c3nc(C(=O)O)cs3)c2)cc1. The van der Waals surface area contributed by atoms with E-state index in [0.29, 0.717) is 16.4 Å². The number of primary sulfonamides is 1. The Balaban J connectivity index is 1.55. The number of carboxylic acid groups (broad SMARTS) is 1. The van der Waals surface area contributed by atoms with E-state index in [4.69, 9.17) is 10.2 Å². The number of nitrogens with two attached hydrogens (primary N) is 1. The molecule has 41 heavy (non-hydrogen) atoms. The summed E-state index contributed by atoms with van der Waals surface area (Å²) in [5, 5.41) is 21.5. The topological polar surface area (TPSA) is 128 Å². The molecular weight excluding hydrogens is 563 g/mol. The van der Waals surface area contributed by atoms with Gasteiger partial charge in [0.2, 0.25) is 15.2 Å². The smallest absolute Gasteiger partial charge is 0.355 e. The van der Waals surface area contributed by atoms with Crippen LogP contribution in [0.15, 0.2) is 77.0 Å². The number of thiazole rings is 1. The Morgan fingerprint density at radius 3 is 2.44 bits per heavy atom. The van der Waals surface area contributed by atoms with E-state index in [0.717, 1.165) is 63.8 Å². The molecule has 0 unspecified atom stereocenters. The second-order valence-electron chi connectivity index (χ2n) is 10.1. The Kier molecular flexibility index (Phi) is 6.80. The molecule has 0 bridgehead atoms. The van der Waals surface area contributed by atoms with Gasteiger partial charge >= 0.3 is 5.97 Å². The minimum absolute atomic E-state index is 0.0843. The van der Waals surface area contributed by atoms with Crippen LogP contribution in [0.1, 0.15) is 51.6 Å². The quantitative estimate of drug-likeness (QED) is 0.231. The van der Waals surface area contributed by atoms with E-state index in [2.05, 4.69) is 4.98 Å². The van der Waals surface area contributed by atoms with Crippen molar-refractivity contribution < 1.29 is 22.7 Å². The van der Waals surface area contributed by atoms with Gasteiger partial charge in [-0.1, -0.05) is 54.1 Å². The summed E-state index contributed by atoms with van der Waals surface area (Å²) in [7, 11) is -4.06. The molecule has 6 rings (SSSR count). The number of benzene rings is 3. The summed E-state index contributed by atoms with van der Waals surface area (Å²) in [4.78, 5) is 15.6. The van der Waals surface area contributed by atoms with E-state index in [1.807, 2.05) is 55.5 Å². The predicted molar refractivity (Wildman–Crippen MR) is 154 cm³/mol. The van der Waals surface area contributed by atoms with Gasteiger partial charge < -0.3 is 5.11 Å². The monoisotopic (exact) mass is 588 g/mol. The van der Waals surface area contributed by atoms with E-state index < -0.39 is 21.8 Å². The molecule has 0 amide bonds. The van der Waals surface area contributed by atoms with Crippen molar-refractivity contribution in [3.63, 3.8) is 0 Å². The Morgan fingerprint density at radius 2 is 1.80 bits per heavy atom. The fraction of sp³-hybridized carbons (Fsp3) is 0.167. The molecule has 2 aromatic heterocycles. The third kappa shape index (κ3) is 5.43. The zero-order valence-corrected chi connectivity index (χ0v) is 23.5. The molecule has 3 N–H and O–H groups in total. The number of aromatic carboxylic acids is 1. The van der Waals surface area contributed by atoms with E-state index in [1.165, 1.54) is 17.5 Å². The Bertz CT molecular complexity index is 1910. The lowest BCUT2D eigenvalue weighted by Gasteiger charge is -2.12. The van der Waals surface area contributed by atoms with E-state index >= 15 is 4.39 Å². The second-order valence-corrected chi connectivity index (χ2v) is 12.5. The Hall–Kier alpha value is -4.19. The van der Waals surface area contributed by atoms with Gasteiger partial charge in [0.25, 0.3) is 0 Å². The number of aromatic nitrogens is 3. The number of sulfonamides is 1. The number of hydrogen-bond donors (Lipinski definition) is 2. The highest BCUT2D eigenvalue weighted by Crippen LogP contribution is 2.45. The second kappa shape index (κ2) is 10.3. The molecule has 11 heteroatoms.